The van der Waals surface area contributed by atoms with E-state index in [9.17, 15) is 0 Å². The first-order valence-electron chi connectivity index (χ1n) is 6.66. The summed E-state index contributed by atoms with van der Waals surface area (Å²) in [5.41, 5.74) is 0. The van der Waals surface area contributed by atoms with Gasteiger partial charge in [0, 0.05) is 28.6 Å². The zero-order chi connectivity index (χ0) is 13.1. The quantitative estimate of drug-likeness (QED) is 0.432. The van der Waals surface area contributed by atoms with E-state index in [1.807, 2.05) is 20.8 Å². The van der Waals surface area contributed by atoms with Gasteiger partial charge in [0.15, 0.2) is 0 Å². The highest BCUT2D eigenvalue weighted by Gasteiger charge is 2.41. The molecule has 0 spiro atoms. The summed E-state index contributed by atoms with van der Waals surface area (Å²) < 4.78 is 17.4. The molecule has 0 saturated heterocycles. The normalized spacial score (nSPS) is 12.4. The molecule has 0 aliphatic carbocycles. The third-order valence-electron chi connectivity index (χ3n) is 2.17. The van der Waals surface area contributed by atoms with E-state index in [0.717, 1.165) is 5.75 Å². The molecule has 104 valence electrons. The molecule has 0 rings (SSSR count). The van der Waals surface area contributed by atoms with Crippen molar-refractivity contribution in [2.45, 2.75) is 46.3 Å². The first-order chi connectivity index (χ1) is 8.10. The van der Waals surface area contributed by atoms with Crippen LogP contribution in [-0.4, -0.2) is 42.3 Å². The number of rotatable bonds is 11. The minimum atomic E-state index is -2.44. The molecular formula is C11H28O3SSi2. The van der Waals surface area contributed by atoms with Crippen LogP contribution in [0.4, 0.5) is 0 Å². The highest BCUT2D eigenvalue weighted by atomic mass is 32.4. The van der Waals surface area contributed by atoms with Gasteiger partial charge in [-0.1, -0.05) is 30.3 Å². The van der Waals surface area contributed by atoms with Crippen LogP contribution in [0.2, 0.25) is 19.1 Å². The maximum atomic E-state index is 5.79. The molecule has 0 radical (unpaired) electrons. The minimum Gasteiger partial charge on any atom is -0.366 e. The molecule has 3 nitrogen and oxygen atoms in total. The monoisotopic (exact) mass is 296 g/mol. The smallest absolute Gasteiger partial charge is 0.366 e. The van der Waals surface area contributed by atoms with Gasteiger partial charge >= 0.3 is 7.95 Å². The Balaban J connectivity index is 4.14. The molecular weight excluding hydrogens is 268 g/mol. The summed E-state index contributed by atoms with van der Waals surface area (Å²) >= 11 is 1.78. The molecule has 0 aromatic heterocycles. The highest BCUT2D eigenvalue weighted by Crippen LogP contribution is 2.26. The van der Waals surface area contributed by atoms with Crippen LogP contribution in [0.15, 0.2) is 0 Å². The summed E-state index contributed by atoms with van der Waals surface area (Å²) in [6.45, 7) is 12.8. The lowest BCUT2D eigenvalue weighted by Crippen LogP contribution is -2.43. The van der Waals surface area contributed by atoms with Gasteiger partial charge in [-0.2, -0.15) is 0 Å². The molecule has 0 aromatic carbocycles. The summed E-state index contributed by atoms with van der Waals surface area (Å²) in [5, 5.41) is 0. The van der Waals surface area contributed by atoms with Gasteiger partial charge in [-0.05, 0) is 32.9 Å². The van der Waals surface area contributed by atoms with E-state index in [-0.39, 0.29) is 0 Å². The van der Waals surface area contributed by atoms with Crippen molar-refractivity contribution < 1.29 is 13.3 Å². The van der Waals surface area contributed by atoms with Gasteiger partial charge in [0.05, 0.1) is 0 Å². The fourth-order valence-electron chi connectivity index (χ4n) is 1.47. The second-order valence-corrected chi connectivity index (χ2v) is 12.5. The molecule has 0 fully saturated rings. The van der Waals surface area contributed by atoms with Crippen LogP contribution in [-0.2, 0) is 13.3 Å². The third-order valence-corrected chi connectivity index (χ3v) is 9.24. The van der Waals surface area contributed by atoms with Crippen molar-refractivity contribution in [3.8, 4) is 0 Å². The molecule has 0 unspecified atom stereocenters. The van der Waals surface area contributed by atoms with Crippen molar-refractivity contribution in [2.24, 2.45) is 0 Å². The molecule has 0 atom stereocenters. The molecule has 0 N–H and O–H groups in total. The van der Waals surface area contributed by atoms with Crippen molar-refractivity contribution in [3.63, 3.8) is 0 Å². The van der Waals surface area contributed by atoms with Crippen LogP contribution in [0, 0.1) is 0 Å². The first kappa shape index (κ1) is 17.7. The van der Waals surface area contributed by atoms with E-state index in [1.165, 1.54) is 12.5 Å². The van der Waals surface area contributed by atoms with Crippen LogP contribution in [0.25, 0.3) is 0 Å². The maximum Gasteiger partial charge on any atom is 0.573 e. The molecule has 0 aliphatic rings. The average molecular weight is 297 g/mol. The van der Waals surface area contributed by atoms with E-state index >= 15 is 0 Å². The Morgan fingerprint density at radius 1 is 0.941 bits per heavy atom. The Morgan fingerprint density at radius 3 is 1.76 bits per heavy atom. The van der Waals surface area contributed by atoms with Gasteiger partial charge in [0.2, 0.25) is 0 Å². The van der Waals surface area contributed by atoms with E-state index in [2.05, 4.69) is 13.1 Å². The highest BCUT2D eigenvalue weighted by molar-refractivity contribution is 8.26. The predicted molar refractivity (Wildman–Crippen MR) is 81.4 cm³/mol. The second kappa shape index (κ2) is 10.6. The molecule has 6 heteroatoms. The zero-order valence-electron chi connectivity index (χ0n) is 12.0. The van der Waals surface area contributed by atoms with Crippen LogP contribution >= 0.6 is 11.2 Å². The zero-order valence-corrected chi connectivity index (χ0v) is 14.9. The molecule has 0 saturated carbocycles. The van der Waals surface area contributed by atoms with Gasteiger partial charge in [-0.25, -0.2) is 0 Å². The van der Waals surface area contributed by atoms with Crippen molar-refractivity contribution in [3.05, 3.63) is 0 Å². The van der Waals surface area contributed by atoms with Gasteiger partial charge in [-0.3, -0.25) is 0 Å². The van der Waals surface area contributed by atoms with Gasteiger partial charge in [0.25, 0.3) is 0 Å². The maximum absolute atomic E-state index is 5.79. The topological polar surface area (TPSA) is 27.7 Å². The first-order valence-corrected chi connectivity index (χ1v) is 13.2. The van der Waals surface area contributed by atoms with Crippen molar-refractivity contribution in [1.29, 1.82) is 0 Å². The largest absolute Gasteiger partial charge is 0.573 e. The van der Waals surface area contributed by atoms with Crippen molar-refractivity contribution in [2.75, 3.05) is 25.6 Å². The summed E-state index contributed by atoms with van der Waals surface area (Å²) in [4.78, 5) is 0. The van der Waals surface area contributed by atoms with Crippen LogP contribution in [0.5, 0.6) is 0 Å². The molecule has 0 bridgehead atoms. The van der Waals surface area contributed by atoms with Gasteiger partial charge in [0.1, 0.15) is 0 Å². The lowest BCUT2D eigenvalue weighted by Gasteiger charge is -2.27. The van der Waals surface area contributed by atoms with Crippen molar-refractivity contribution in [1.82, 2.24) is 0 Å². The fourth-order valence-corrected chi connectivity index (χ4v) is 7.90. The molecule has 0 amide bonds. The summed E-state index contributed by atoms with van der Waals surface area (Å²) in [7, 11) is -2.86. The van der Waals surface area contributed by atoms with E-state index in [1.54, 1.807) is 11.2 Å². The standard InChI is InChI=1S/C11H28O3SSi2/c1-6-12-17(13-7-2,14-8-3)15-10-9-11-16(4)5/h16H,6-11H2,1-5H3. The van der Waals surface area contributed by atoms with E-state index in [0.29, 0.717) is 19.8 Å². The Labute approximate surface area is 113 Å². The Hall–Kier alpha value is 0.664. The molecule has 0 aliphatic heterocycles. The lowest BCUT2D eigenvalue weighted by molar-refractivity contribution is 0.0966. The minimum absolute atomic E-state index is 0.425. The number of hydrogen-bond donors (Lipinski definition) is 0. The lowest BCUT2D eigenvalue weighted by atomic mass is 10.6. The van der Waals surface area contributed by atoms with Gasteiger partial charge in [-0.15, -0.1) is 0 Å². The second-order valence-electron chi connectivity index (χ2n) is 4.18. The summed E-state index contributed by atoms with van der Waals surface area (Å²) in [5.74, 6) is 1.09. The van der Waals surface area contributed by atoms with E-state index in [4.69, 9.17) is 13.3 Å². The van der Waals surface area contributed by atoms with E-state index < -0.39 is 16.8 Å². The van der Waals surface area contributed by atoms with Crippen molar-refractivity contribution >= 4 is 28.0 Å². The fraction of sp³-hybridized carbons (Fsp3) is 1.00. The summed E-state index contributed by atoms with van der Waals surface area (Å²) in [6.07, 6.45) is 1.26. The molecule has 0 aromatic rings. The van der Waals surface area contributed by atoms with Crippen LogP contribution in [0.3, 0.4) is 0 Å². The Kier molecular flexibility index (Phi) is 11.0. The Morgan fingerprint density at radius 2 is 1.41 bits per heavy atom. The van der Waals surface area contributed by atoms with Gasteiger partial charge < -0.3 is 13.3 Å². The summed E-state index contributed by atoms with van der Waals surface area (Å²) in [6, 6.07) is 1.39. The van der Waals surface area contributed by atoms with Crippen LogP contribution in [0.1, 0.15) is 27.2 Å². The average Bonchev–Trinajstić information content (AvgIpc) is 2.25. The predicted octanol–water partition coefficient (Wildman–Crippen LogP) is 3.14. The van der Waals surface area contributed by atoms with Crippen LogP contribution < -0.4 is 0 Å². The number of hydrogen-bond acceptors (Lipinski definition) is 4. The molecule has 17 heavy (non-hydrogen) atoms. The molecule has 0 heterocycles. The SMILES string of the molecule is CCO[Si](OCC)(OCC)SCCC[SiH](C)C. The third kappa shape index (κ3) is 8.39. The Bertz CT molecular complexity index is 165.